The normalized spacial score (nSPS) is 15.0. The Hall–Kier alpha value is -1.94. The minimum absolute atomic E-state index is 0. The van der Waals surface area contributed by atoms with Crippen LogP contribution < -0.4 is 5.32 Å². The molecule has 3 rings (SSSR count). The zero-order chi connectivity index (χ0) is 20.5. The molecule has 1 saturated heterocycles. The number of rotatable bonds is 8. The van der Waals surface area contributed by atoms with Gasteiger partial charge in [-0.25, -0.2) is 4.99 Å². The Morgan fingerprint density at radius 1 is 1.17 bits per heavy atom. The molecule has 0 spiro atoms. The van der Waals surface area contributed by atoms with E-state index < -0.39 is 0 Å². The highest BCUT2D eigenvalue weighted by atomic mass is 127. The molecule has 0 amide bonds. The Balaban J connectivity index is 0.00000320. The minimum Gasteiger partial charge on any atom is -0.354 e. The smallest absolute Gasteiger partial charge is 0.194 e. The van der Waals surface area contributed by atoms with Crippen molar-refractivity contribution in [3.05, 3.63) is 60.2 Å². The molecule has 164 valence electrons. The molecule has 0 saturated carbocycles. The van der Waals surface area contributed by atoms with Gasteiger partial charge in [0.2, 0.25) is 0 Å². The summed E-state index contributed by atoms with van der Waals surface area (Å²) < 4.78 is 2.10. The third-order valence-corrected chi connectivity index (χ3v) is 5.07. The van der Waals surface area contributed by atoms with E-state index in [1.165, 1.54) is 5.56 Å². The summed E-state index contributed by atoms with van der Waals surface area (Å²) in [6.07, 6.45) is 2.69. The average Bonchev–Trinajstić information content (AvgIpc) is 3.19. The number of piperazine rings is 1. The van der Waals surface area contributed by atoms with Gasteiger partial charge in [0.1, 0.15) is 12.2 Å². The molecule has 1 aliphatic heterocycles. The summed E-state index contributed by atoms with van der Waals surface area (Å²) in [6, 6.07) is 10.7. The van der Waals surface area contributed by atoms with Crippen molar-refractivity contribution < 1.29 is 0 Å². The maximum Gasteiger partial charge on any atom is 0.194 e. The van der Waals surface area contributed by atoms with Crippen LogP contribution in [0.2, 0.25) is 0 Å². The van der Waals surface area contributed by atoms with Crippen LogP contribution in [0.25, 0.3) is 0 Å². The lowest BCUT2D eigenvalue weighted by molar-refractivity contribution is 0.172. The van der Waals surface area contributed by atoms with Crippen molar-refractivity contribution >= 4 is 29.9 Å². The van der Waals surface area contributed by atoms with Gasteiger partial charge in [-0.1, -0.05) is 49.4 Å². The molecule has 0 atom stereocenters. The molecule has 1 aromatic heterocycles. The Kier molecular flexibility index (Phi) is 10.3. The number of halogens is 1. The zero-order valence-corrected chi connectivity index (χ0v) is 20.5. The predicted molar refractivity (Wildman–Crippen MR) is 133 cm³/mol. The SMILES string of the molecule is C=C(C)CN=C(NCCn1cnnc1CC)N1CCN(Cc2ccccc2)CC1.I. The fourth-order valence-electron chi connectivity index (χ4n) is 3.46. The first-order chi connectivity index (χ1) is 14.2. The third-order valence-electron chi connectivity index (χ3n) is 5.07. The second-order valence-electron chi connectivity index (χ2n) is 7.57. The second kappa shape index (κ2) is 12.7. The molecule has 2 heterocycles. The standard InChI is InChI=1S/C22H33N7.HI/c1-4-21-26-25-18-29(21)11-10-23-22(24-16-19(2)3)28-14-12-27(13-15-28)17-20-8-6-5-7-9-20;/h5-9,18H,2,4,10-17H2,1,3H3,(H,23,24);1H. The number of aromatic nitrogens is 3. The quantitative estimate of drug-likeness (QED) is 0.250. The lowest BCUT2D eigenvalue weighted by Crippen LogP contribution is -2.52. The average molecular weight is 523 g/mol. The van der Waals surface area contributed by atoms with Crippen LogP contribution in [0.1, 0.15) is 25.2 Å². The van der Waals surface area contributed by atoms with Crippen LogP contribution in [0.5, 0.6) is 0 Å². The van der Waals surface area contributed by atoms with E-state index in [2.05, 4.69) is 73.7 Å². The van der Waals surface area contributed by atoms with Gasteiger partial charge in [-0.3, -0.25) is 4.90 Å². The van der Waals surface area contributed by atoms with Crippen molar-refractivity contribution in [1.29, 1.82) is 0 Å². The first-order valence-electron chi connectivity index (χ1n) is 10.5. The van der Waals surface area contributed by atoms with Gasteiger partial charge in [0.05, 0.1) is 6.54 Å². The first-order valence-corrected chi connectivity index (χ1v) is 10.5. The van der Waals surface area contributed by atoms with Crippen molar-refractivity contribution in [2.24, 2.45) is 4.99 Å². The summed E-state index contributed by atoms with van der Waals surface area (Å²) in [5.74, 6) is 1.99. The number of nitrogens with one attached hydrogen (secondary N) is 1. The van der Waals surface area contributed by atoms with E-state index in [1.807, 2.05) is 6.92 Å². The maximum absolute atomic E-state index is 4.79. The van der Waals surface area contributed by atoms with E-state index in [4.69, 9.17) is 4.99 Å². The topological polar surface area (TPSA) is 61.6 Å². The van der Waals surface area contributed by atoms with Gasteiger partial charge in [0.15, 0.2) is 5.96 Å². The van der Waals surface area contributed by atoms with Crippen molar-refractivity contribution in [3.63, 3.8) is 0 Å². The van der Waals surface area contributed by atoms with E-state index >= 15 is 0 Å². The van der Waals surface area contributed by atoms with Crippen molar-refractivity contribution in [2.45, 2.75) is 33.4 Å². The molecule has 1 aliphatic rings. The summed E-state index contributed by atoms with van der Waals surface area (Å²) in [4.78, 5) is 9.66. The lowest BCUT2D eigenvalue weighted by Gasteiger charge is -2.36. The van der Waals surface area contributed by atoms with E-state index in [1.54, 1.807) is 6.33 Å². The molecule has 7 nitrogen and oxygen atoms in total. The number of nitrogens with zero attached hydrogens (tertiary/aromatic N) is 6. The van der Waals surface area contributed by atoms with E-state index in [-0.39, 0.29) is 24.0 Å². The number of aryl methyl sites for hydroxylation is 1. The second-order valence-corrected chi connectivity index (χ2v) is 7.57. The molecule has 30 heavy (non-hydrogen) atoms. The number of hydrogen-bond acceptors (Lipinski definition) is 4. The first kappa shape index (κ1) is 24.3. The highest BCUT2D eigenvalue weighted by Crippen LogP contribution is 2.09. The maximum atomic E-state index is 4.79. The molecular weight excluding hydrogens is 489 g/mol. The third kappa shape index (κ3) is 7.39. The number of aliphatic imine (C=N–C) groups is 1. The van der Waals surface area contributed by atoms with Crippen LogP contribution in [0, 0.1) is 0 Å². The predicted octanol–water partition coefficient (Wildman–Crippen LogP) is 2.80. The number of benzene rings is 1. The molecule has 8 heteroatoms. The molecule has 1 N–H and O–H groups in total. The minimum atomic E-state index is 0. The Morgan fingerprint density at radius 2 is 1.90 bits per heavy atom. The summed E-state index contributed by atoms with van der Waals surface area (Å²) in [7, 11) is 0. The van der Waals surface area contributed by atoms with Gasteiger partial charge in [-0.2, -0.15) is 0 Å². The van der Waals surface area contributed by atoms with Crippen LogP contribution in [0.4, 0.5) is 0 Å². The molecule has 0 aliphatic carbocycles. The van der Waals surface area contributed by atoms with Crippen LogP contribution >= 0.6 is 24.0 Å². The molecular formula is C22H34IN7. The van der Waals surface area contributed by atoms with Crippen LogP contribution in [0.3, 0.4) is 0 Å². The molecule has 0 unspecified atom stereocenters. The zero-order valence-electron chi connectivity index (χ0n) is 18.1. The van der Waals surface area contributed by atoms with Crippen molar-refractivity contribution in [3.8, 4) is 0 Å². The van der Waals surface area contributed by atoms with Gasteiger partial charge in [-0.15, -0.1) is 34.2 Å². The highest BCUT2D eigenvalue weighted by molar-refractivity contribution is 14.0. The lowest BCUT2D eigenvalue weighted by atomic mass is 10.2. The van der Waals surface area contributed by atoms with Gasteiger partial charge < -0.3 is 14.8 Å². The summed E-state index contributed by atoms with van der Waals surface area (Å²) in [6.45, 7) is 15.4. The van der Waals surface area contributed by atoms with E-state index in [0.29, 0.717) is 6.54 Å². The fourth-order valence-corrected chi connectivity index (χ4v) is 3.46. The summed E-state index contributed by atoms with van der Waals surface area (Å²) in [5.41, 5.74) is 2.44. The monoisotopic (exact) mass is 523 g/mol. The molecule has 1 aromatic carbocycles. The largest absolute Gasteiger partial charge is 0.354 e. The Bertz CT molecular complexity index is 795. The van der Waals surface area contributed by atoms with Crippen molar-refractivity contribution in [2.75, 3.05) is 39.3 Å². The highest BCUT2D eigenvalue weighted by Gasteiger charge is 2.19. The Morgan fingerprint density at radius 3 is 2.57 bits per heavy atom. The van der Waals surface area contributed by atoms with Gasteiger partial charge in [0.25, 0.3) is 0 Å². The summed E-state index contributed by atoms with van der Waals surface area (Å²) >= 11 is 0. The molecule has 2 aromatic rings. The van der Waals surface area contributed by atoms with E-state index in [0.717, 1.165) is 69.6 Å². The van der Waals surface area contributed by atoms with Crippen LogP contribution in [-0.4, -0.2) is 69.8 Å². The molecule has 1 fully saturated rings. The van der Waals surface area contributed by atoms with Crippen LogP contribution in [-0.2, 0) is 19.5 Å². The fraction of sp³-hybridized carbons (Fsp3) is 0.500. The van der Waals surface area contributed by atoms with Gasteiger partial charge in [0, 0.05) is 52.2 Å². The van der Waals surface area contributed by atoms with Crippen molar-refractivity contribution in [1.82, 2.24) is 29.9 Å². The molecule has 0 radical (unpaired) electrons. The van der Waals surface area contributed by atoms with Crippen LogP contribution in [0.15, 0.2) is 53.8 Å². The van der Waals surface area contributed by atoms with E-state index in [9.17, 15) is 0 Å². The molecule has 0 bridgehead atoms. The summed E-state index contributed by atoms with van der Waals surface area (Å²) in [5, 5.41) is 11.7. The van der Waals surface area contributed by atoms with Gasteiger partial charge in [-0.05, 0) is 12.5 Å². The van der Waals surface area contributed by atoms with Gasteiger partial charge >= 0.3 is 0 Å². The number of guanidine groups is 1. The number of hydrogen-bond donors (Lipinski definition) is 1. The Labute approximate surface area is 197 Å².